The van der Waals surface area contributed by atoms with Crippen LogP contribution in [0.3, 0.4) is 0 Å². The zero-order valence-corrected chi connectivity index (χ0v) is 21.8. The minimum absolute atomic E-state index is 0.0293. The number of alkyl halides is 6. The first-order valence-electron chi connectivity index (χ1n) is 11.5. The van der Waals surface area contributed by atoms with Crippen LogP contribution in [0.2, 0.25) is 0 Å². The van der Waals surface area contributed by atoms with Crippen LogP contribution in [0.15, 0.2) is 18.3 Å². The summed E-state index contributed by atoms with van der Waals surface area (Å²) in [6, 6.07) is 4.12. The van der Waals surface area contributed by atoms with Gasteiger partial charge in [-0.3, -0.25) is 19.6 Å². The summed E-state index contributed by atoms with van der Waals surface area (Å²) in [5, 5.41) is 14.2. The summed E-state index contributed by atoms with van der Waals surface area (Å²) in [5.41, 5.74) is 2.72. The zero-order valence-electron chi connectivity index (χ0n) is 21.8. The number of aromatic nitrogens is 1. The molecule has 1 amide bonds. The van der Waals surface area contributed by atoms with Gasteiger partial charge in [0.05, 0.1) is 12.3 Å². The number of likely N-dealkylation sites (N-methyl/N-ethyl adjacent to an activating group) is 2. The molecule has 2 aliphatic rings. The molecule has 1 spiro atoms. The third kappa shape index (κ3) is 11.0. The van der Waals surface area contributed by atoms with Gasteiger partial charge >= 0.3 is 24.3 Å². The maximum atomic E-state index is 11.6. The van der Waals surface area contributed by atoms with Gasteiger partial charge in [-0.1, -0.05) is 6.07 Å². The lowest BCUT2D eigenvalue weighted by Crippen LogP contribution is -2.66. The molecule has 1 unspecified atom stereocenters. The lowest BCUT2D eigenvalue weighted by Gasteiger charge is -2.52. The largest absolute Gasteiger partial charge is 0.490 e. The van der Waals surface area contributed by atoms with Gasteiger partial charge in [-0.05, 0) is 37.9 Å². The summed E-state index contributed by atoms with van der Waals surface area (Å²) >= 11 is 0. The van der Waals surface area contributed by atoms with Gasteiger partial charge in [0.15, 0.2) is 0 Å². The summed E-state index contributed by atoms with van der Waals surface area (Å²) in [6.07, 6.45) is -7.14. The smallest absolute Gasteiger partial charge is 0.475 e. The number of carboxylic acids is 2. The Kier molecular flexibility index (Phi) is 12.1. The van der Waals surface area contributed by atoms with Crippen molar-refractivity contribution in [2.75, 3.05) is 54.0 Å². The highest BCUT2D eigenvalue weighted by Crippen LogP contribution is 2.40. The van der Waals surface area contributed by atoms with E-state index in [0.29, 0.717) is 12.5 Å². The first kappa shape index (κ1) is 34.0. The molecule has 1 aromatic rings. The minimum Gasteiger partial charge on any atom is -0.475 e. The summed E-state index contributed by atoms with van der Waals surface area (Å²) in [6.45, 7) is 7.14. The third-order valence-corrected chi connectivity index (χ3v) is 6.10. The van der Waals surface area contributed by atoms with E-state index in [2.05, 4.69) is 34.8 Å². The number of amides is 1. The molecule has 3 heterocycles. The van der Waals surface area contributed by atoms with E-state index >= 15 is 0 Å². The lowest BCUT2D eigenvalue weighted by atomic mass is 9.84. The number of rotatable bonds is 6. The molecule has 10 nitrogen and oxygen atoms in total. The standard InChI is InChI=1S/C19H30N4O2.2C2HF3O2/c1-15-6-5-7-20-17(15)10-23-13-19(14-23)8-16(9-22(19)4)11-25-12-18(24)21(2)3;2*3-2(4,5)1(6)7/h5-7,16H,8-14H2,1-4H3;2*(H,6,7). The van der Waals surface area contributed by atoms with Crippen molar-refractivity contribution < 1.29 is 55.7 Å². The second-order valence-electron chi connectivity index (χ2n) is 9.50. The maximum absolute atomic E-state index is 11.6. The van der Waals surface area contributed by atoms with E-state index in [9.17, 15) is 31.1 Å². The molecule has 1 aromatic heterocycles. The maximum Gasteiger partial charge on any atom is 0.490 e. The van der Waals surface area contributed by atoms with Crippen molar-refractivity contribution in [3.8, 4) is 0 Å². The first-order chi connectivity index (χ1) is 17.8. The number of likely N-dealkylation sites (tertiary alicyclic amines) is 2. The van der Waals surface area contributed by atoms with Crippen molar-refractivity contribution in [2.24, 2.45) is 5.92 Å². The van der Waals surface area contributed by atoms with E-state index in [1.165, 1.54) is 11.3 Å². The van der Waals surface area contributed by atoms with Gasteiger partial charge in [-0.15, -0.1) is 0 Å². The molecular formula is C23H32F6N4O6. The zero-order chi connectivity index (χ0) is 30.2. The van der Waals surface area contributed by atoms with Gasteiger partial charge in [0.25, 0.3) is 0 Å². The van der Waals surface area contributed by atoms with Crippen LogP contribution in [-0.2, 0) is 25.7 Å². The molecule has 3 rings (SSSR count). The second kappa shape index (κ2) is 13.9. The van der Waals surface area contributed by atoms with Crippen LogP contribution in [0.25, 0.3) is 0 Å². The molecule has 0 bridgehead atoms. The average molecular weight is 575 g/mol. The molecule has 2 aliphatic heterocycles. The quantitative estimate of drug-likeness (QED) is 0.493. The summed E-state index contributed by atoms with van der Waals surface area (Å²) in [5.74, 6) is -4.97. The number of halogens is 6. The van der Waals surface area contributed by atoms with E-state index in [-0.39, 0.29) is 18.1 Å². The molecule has 0 aliphatic carbocycles. The first-order valence-corrected chi connectivity index (χ1v) is 11.5. The molecule has 0 aromatic carbocycles. The molecule has 2 N–H and O–H groups in total. The number of hydrogen-bond acceptors (Lipinski definition) is 7. The normalized spacial score (nSPS) is 18.8. The summed E-state index contributed by atoms with van der Waals surface area (Å²) in [7, 11) is 5.74. The van der Waals surface area contributed by atoms with E-state index in [1.807, 2.05) is 12.3 Å². The molecule has 0 radical (unpaired) electrons. The average Bonchev–Trinajstić information content (AvgIpc) is 3.10. The monoisotopic (exact) mass is 574 g/mol. The van der Waals surface area contributed by atoms with Crippen LogP contribution in [-0.4, -0.2) is 120 Å². The Labute approximate surface area is 221 Å². The van der Waals surface area contributed by atoms with E-state index in [1.54, 1.807) is 19.0 Å². The second-order valence-corrected chi connectivity index (χ2v) is 9.50. The predicted octanol–water partition coefficient (Wildman–Crippen LogP) is 2.27. The van der Waals surface area contributed by atoms with Gasteiger partial charge in [0, 0.05) is 52.0 Å². The number of carbonyl (C=O) groups excluding carboxylic acids is 1. The van der Waals surface area contributed by atoms with Gasteiger partial charge in [-0.2, -0.15) is 26.3 Å². The van der Waals surface area contributed by atoms with Crippen molar-refractivity contribution in [2.45, 2.75) is 37.8 Å². The van der Waals surface area contributed by atoms with Crippen molar-refractivity contribution in [1.29, 1.82) is 0 Å². The van der Waals surface area contributed by atoms with Gasteiger partial charge in [0.1, 0.15) is 6.61 Å². The van der Waals surface area contributed by atoms with Crippen LogP contribution in [0.4, 0.5) is 26.3 Å². The molecule has 39 heavy (non-hydrogen) atoms. The Morgan fingerprint density at radius 1 is 1.10 bits per heavy atom. The van der Waals surface area contributed by atoms with Gasteiger partial charge in [0.2, 0.25) is 5.91 Å². The van der Waals surface area contributed by atoms with E-state index < -0.39 is 24.3 Å². The fourth-order valence-corrected chi connectivity index (χ4v) is 4.06. The molecule has 0 saturated carbocycles. The fourth-order valence-electron chi connectivity index (χ4n) is 4.06. The van der Waals surface area contributed by atoms with Crippen LogP contribution < -0.4 is 0 Å². The van der Waals surface area contributed by atoms with Crippen molar-refractivity contribution in [3.63, 3.8) is 0 Å². The minimum atomic E-state index is -5.08. The Bertz CT molecular complexity index is 959. The topological polar surface area (TPSA) is 124 Å². The number of ether oxygens (including phenoxy) is 1. The Morgan fingerprint density at radius 2 is 1.62 bits per heavy atom. The molecule has 2 fully saturated rings. The van der Waals surface area contributed by atoms with Crippen LogP contribution in [0.1, 0.15) is 17.7 Å². The SMILES string of the molecule is Cc1cccnc1CN1CC2(CC(COCC(=O)N(C)C)CN2C)C1.O=C(O)C(F)(F)F.O=C(O)C(F)(F)F. The van der Waals surface area contributed by atoms with Crippen molar-refractivity contribution in [1.82, 2.24) is 19.7 Å². The van der Waals surface area contributed by atoms with Crippen molar-refractivity contribution >= 4 is 17.8 Å². The number of pyridine rings is 1. The Morgan fingerprint density at radius 3 is 2.05 bits per heavy atom. The molecule has 2 saturated heterocycles. The van der Waals surface area contributed by atoms with Crippen LogP contribution >= 0.6 is 0 Å². The molecule has 1 atom stereocenters. The number of aliphatic carboxylic acids is 2. The van der Waals surface area contributed by atoms with Crippen LogP contribution in [0, 0.1) is 12.8 Å². The Hall–Kier alpha value is -2.98. The summed E-state index contributed by atoms with van der Waals surface area (Å²) < 4.78 is 69.1. The molecule has 222 valence electrons. The van der Waals surface area contributed by atoms with E-state index in [4.69, 9.17) is 24.5 Å². The number of nitrogens with zero attached hydrogens (tertiary/aromatic N) is 4. The van der Waals surface area contributed by atoms with Crippen LogP contribution in [0.5, 0.6) is 0 Å². The number of carboxylic acid groups (broad SMARTS) is 2. The number of carbonyl (C=O) groups is 3. The van der Waals surface area contributed by atoms with Crippen molar-refractivity contribution in [3.05, 3.63) is 29.6 Å². The predicted molar refractivity (Wildman–Crippen MR) is 125 cm³/mol. The van der Waals surface area contributed by atoms with E-state index in [0.717, 1.165) is 32.6 Å². The van der Waals surface area contributed by atoms with Gasteiger partial charge < -0.3 is 19.8 Å². The highest BCUT2D eigenvalue weighted by Gasteiger charge is 2.51. The lowest BCUT2D eigenvalue weighted by molar-refractivity contribution is -0.193. The molecular weight excluding hydrogens is 542 g/mol. The Balaban J connectivity index is 0.000000449. The fraction of sp³-hybridized carbons (Fsp3) is 0.652. The summed E-state index contributed by atoms with van der Waals surface area (Å²) in [4.78, 5) is 40.4. The number of aryl methyl sites for hydroxylation is 1. The molecule has 16 heteroatoms. The number of hydrogen-bond donors (Lipinski definition) is 2. The van der Waals surface area contributed by atoms with Gasteiger partial charge in [-0.25, -0.2) is 9.59 Å². The highest BCUT2D eigenvalue weighted by molar-refractivity contribution is 5.76. The third-order valence-electron chi connectivity index (χ3n) is 6.10. The highest BCUT2D eigenvalue weighted by atomic mass is 19.4.